The molecular formula is C18H28N6O2. The average Bonchev–Trinajstić information content (AvgIpc) is 3.27. The average molecular weight is 360 g/mol. The first-order valence-corrected chi connectivity index (χ1v) is 9.40. The fourth-order valence-corrected chi connectivity index (χ4v) is 3.30. The Balaban J connectivity index is 1.68. The molecule has 0 aromatic carbocycles. The van der Waals surface area contributed by atoms with E-state index in [0.717, 1.165) is 37.1 Å². The SMILES string of the molecule is CCn1ncc(CNC(=O)N2CCCC[C@@H]2c2nc(C(C)C)no2)c1C. The summed E-state index contributed by atoms with van der Waals surface area (Å²) in [4.78, 5) is 19.1. The Hall–Kier alpha value is -2.38. The Morgan fingerprint density at radius 1 is 1.42 bits per heavy atom. The van der Waals surface area contributed by atoms with Crippen LogP contribution in [0.15, 0.2) is 10.7 Å². The van der Waals surface area contributed by atoms with Crippen LogP contribution in [0.4, 0.5) is 4.79 Å². The number of carbonyl (C=O) groups is 1. The number of piperidine rings is 1. The molecule has 0 saturated carbocycles. The van der Waals surface area contributed by atoms with Gasteiger partial charge in [-0.3, -0.25) is 4.68 Å². The van der Waals surface area contributed by atoms with Gasteiger partial charge in [-0.2, -0.15) is 10.1 Å². The molecule has 1 aliphatic rings. The van der Waals surface area contributed by atoms with Crippen molar-refractivity contribution in [1.82, 2.24) is 30.1 Å². The molecule has 0 radical (unpaired) electrons. The summed E-state index contributed by atoms with van der Waals surface area (Å²) in [6.45, 7) is 10.1. The molecule has 3 rings (SSSR count). The Labute approximate surface area is 153 Å². The molecule has 2 aromatic rings. The van der Waals surface area contributed by atoms with E-state index >= 15 is 0 Å². The first-order valence-electron chi connectivity index (χ1n) is 9.40. The Morgan fingerprint density at radius 3 is 2.88 bits per heavy atom. The molecule has 0 unspecified atom stereocenters. The van der Waals surface area contributed by atoms with Gasteiger partial charge < -0.3 is 14.7 Å². The number of nitrogens with zero attached hydrogens (tertiary/aromatic N) is 5. The van der Waals surface area contributed by atoms with Gasteiger partial charge in [-0.1, -0.05) is 19.0 Å². The van der Waals surface area contributed by atoms with Crippen LogP contribution < -0.4 is 5.32 Å². The molecule has 1 atom stereocenters. The molecule has 1 aliphatic heterocycles. The summed E-state index contributed by atoms with van der Waals surface area (Å²) in [7, 11) is 0. The fraction of sp³-hybridized carbons (Fsp3) is 0.667. The maximum Gasteiger partial charge on any atom is 0.318 e. The second-order valence-corrected chi connectivity index (χ2v) is 7.08. The van der Waals surface area contributed by atoms with Gasteiger partial charge in [0, 0.05) is 36.8 Å². The molecule has 0 spiro atoms. The van der Waals surface area contributed by atoms with Crippen molar-refractivity contribution in [2.75, 3.05) is 6.54 Å². The molecule has 3 heterocycles. The van der Waals surface area contributed by atoms with E-state index in [4.69, 9.17) is 4.52 Å². The molecule has 0 bridgehead atoms. The van der Waals surface area contributed by atoms with Gasteiger partial charge in [0.15, 0.2) is 5.82 Å². The van der Waals surface area contributed by atoms with Crippen molar-refractivity contribution in [2.24, 2.45) is 0 Å². The van der Waals surface area contributed by atoms with Gasteiger partial charge in [-0.15, -0.1) is 0 Å². The predicted molar refractivity (Wildman–Crippen MR) is 96.6 cm³/mol. The van der Waals surface area contributed by atoms with Gasteiger partial charge >= 0.3 is 6.03 Å². The molecule has 2 amide bonds. The quantitative estimate of drug-likeness (QED) is 0.885. The van der Waals surface area contributed by atoms with Gasteiger partial charge in [0.2, 0.25) is 5.89 Å². The molecule has 2 aromatic heterocycles. The Morgan fingerprint density at radius 2 is 2.23 bits per heavy atom. The van der Waals surface area contributed by atoms with E-state index in [9.17, 15) is 4.79 Å². The minimum absolute atomic E-state index is 0.0948. The molecule has 26 heavy (non-hydrogen) atoms. The summed E-state index contributed by atoms with van der Waals surface area (Å²) in [6.07, 6.45) is 4.71. The van der Waals surface area contributed by atoms with E-state index in [1.807, 2.05) is 36.5 Å². The second-order valence-electron chi connectivity index (χ2n) is 7.08. The summed E-state index contributed by atoms with van der Waals surface area (Å²) >= 11 is 0. The van der Waals surface area contributed by atoms with Crippen LogP contribution in [0.1, 0.15) is 75.0 Å². The highest BCUT2D eigenvalue weighted by Gasteiger charge is 2.32. The van der Waals surface area contributed by atoms with Crippen molar-refractivity contribution >= 4 is 6.03 Å². The van der Waals surface area contributed by atoms with Crippen LogP contribution in [0.5, 0.6) is 0 Å². The summed E-state index contributed by atoms with van der Waals surface area (Å²) < 4.78 is 7.38. The van der Waals surface area contributed by atoms with Crippen LogP contribution in [0.3, 0.4) is 0 Å². The Bertz CT molecular complexity index is 751. The lowest BCUT2D eigenvalue weighted by atomic mass is 10.0. The van der Waals surface area contributed by atoms with Gasteiger partial charge in [0.05, 0.1) is 6.20 Å². The summed E-state index contributed by atoms with van der Waals surface area (Å²) in [5.41, 5.74) is 2.12. The van der Waals surface area contributed by atoms with Crippen LogP contribution in [0.2, 0.25) is 0 Å². The standard InChI is InChI=1S/C18H28N6O2/c1-5-24-13(4)14(11-20-24)10-19-18(25)23-9-7-6-8-15(23)17-21-16(12(2)3)22-26-17/h11-12,15H,5-10H2,1-4H3,(H,19,25)/t15-/m1/s1. The van der Waals surface area contributed by atoms with Crippen molar-refractivity contribution in [3.05, 3.63) is 29.2 Å². The number of carbonyl (C=O) groups excluding carboxylic acids is 1. The van der Waals surface area contributed by atoms with Crippen LogP contribution in [0.25, 0.3) is 0 Å². The molecule has 8 nitrogen and oxygen atoms in total. The van der Waals surface area contributed by atoms with Crippen LogP contribution in [0, 0.1) is 6.92 Å². The predicted octanol–water partition coefficient (Wildman–Crippen LogP) is 3.15. The molecule has 0 aliphatic carbocycles. The van der Waals surface area contributed by atoms with Gasteiger partial charge in [0.1, 0.15) is 6.04 Å². The number of amides is 2. The third-order valence-corrected chi connectivity index (χ3v) is 4.96. The van der Waals surface area contributed by atoms with Crippen molar-refractivity contribution in [1.29, 1.82) is 0 Å². The van der Waals surface area contributed by atoms with Gasteiger partial charge in [-0.05, 0) is 33.1 Å². The van der Waals surface area contributed by atoms with Crippen LogP contribution in [-0.4, -0.2) is 37.4 Å². The first-order chi connectivity index (χ1) is 12.5. The summed E-state index contributed by atoms with van der Waals surface area (Å²) in [5, 5.41) is 11.4. The monoisotopic (exact) mass is 360 g/mol. The number of nitrogens with one attached hydrogen (secondary N) is 1. The van der Waals surface area contributed by atoms with Crippen molar-refractivity contribution in [3.8, 4) is 0 Å². The highest BCUT2D eigenvalue weighted by atomic mass is 16.5. The van der Waals surface area contributed by atoms with Crippen LogP contribution in [-0.2, 0) is 13.1 Å². The smallest absolute Gasteiger partial charge is 0.318 e. The number of hydrogen-bond acceptors (Lipinski definition) is 5. The molecule has 8 heteroatoms. The van der Waals surface area contributed by atoms with E-state index in [1.165, 1.54) is 0 Å². The molecule has 1 N–H and O–H groups in total. The normalized spacial score (nSPS) is 17.7. The highest BCUT2D eigenvalue weighted by Crippen LogP contribution is 2.30. The zero-order valence-electron chi connectivity index (χ0n) is 16.0. The molecular weight excluding hydrogens is 332 g/mol. The lowest BCUT2D eigenvalue weighted by Crippen LogP contribution is -2.44. The number of aryl methyl sites for hydroxylation is 1. The molecule has 142 valence electrons. The second kappa shape index (κ2) is 7.88. The maximum atomic E-state index is 12.8. The number of rotatable bonds is 5. The van der Waals surface area contributed by atoms with Gasteiger partial charge in [0.25, 0.3) is 0 Å². The number of urea groups is 1. The first kappa shape index (κ1) is 18.4. The minimum atomic E-state index is -0.150. The maximum absolute atomic E-state index is 12.8. The van der Waals surface area contributed by atoms with Crippen molar-refractivity contribution < 1.29 is 9.32 Å². The fourth-order valence-electron chi connectivity index (χ4n) is 3.30. The lowest BCUT2D eigenvalue weighted by Gasteiger charge is -2.33. The van der Waals surface area contributed by atoms with Crippen molar-refractivity contribution in [2.45, 2.75) is 72.0 Å². The molecule has 1 fully saturated rings. The number of likely N-dealkylation sites (tertiary alicyclic amines) is 1. The van der Waals surface area contributed by atoms with E-state index in [0.29, 0.717) is 24.8 Å². The molecule has 1 saturated heterocycles. The topological polar surface area (TPSA) is 89.1 Å². The minimum Gasteiger partial charge on any atom is -0.337 e. The largest absolute Gasteiger partial charge is 0.337 e. The van der Waals surface area contributed by atoms with Crippen LogP contribution >= 0.6 is 0 Å². The van der Waals surface area contributed by atoms with Gasteiger partial charge in [-0.25, -0.2) is 4.79 Å². The third-order valence-electron chi connectivity index (χ3n) is 4.96. The number of hydrogen-bond donors (Lipinski definition) is 1. The van der Waals surface area contributed by atoms with E-state index in [-0.39, 0.29) is 18.0 Å². The Kier molecular flexibility index (Phi) is 5.58. The van der Waals surface area contributed by atoms with E-state index < -0.39 is 0 Å². The van der Waals surface area contributed by atoms with E-state index in [1.54, 1.807) is 0 Å². The zero-order chi connectivity index (χ0) is 18.7. The van der Waals surface area contributed by atoms with Crippen molar-refractivity contribution in [3.63, 3.8) is 0 Å². The summed E-state index contributed by atoms with van der Waals surface area (Å²) in [6, 6.07) is -0.245. The summed E-state index contributed by atoms with van der Waals surface area (Å²) in [5.74, 6) is 1.43. The highest BCUT2D eigenvalue weighted by molar-refractivity contribution is 5.74. The number of aromatic nitrogens is 4. The third kappa shape index (κ3) is 3.73. The van der Waals surface area contributed by atoms with E-state index in [2.05, 4.69) is 27.5 Å². The zero-order valence-corrected chi connectivity index (χ0v) is 16.0. The lowest BCUT2D eigenvalue weighted by molar-refractivity contribution is 0.131.